The molecule has 0 radical (unpaired) electrons. The molecule has 1 N–H and O–H groups in total. The molecule has 0 unspecified atom stereocenters. The molecule has 96 valence electrons. The normalized spacial score (nSPS) is 13.9. The van der Waals surface area contributed by atoms with E-state index in [1.807, 2.05) is 0 Å². The predicted molar refractivity (Wildman–Crippen MR) is 61.7 cm³/mol. The van der Waals surface area contributed by atoms with E-state index in [4.69, 9.17) is 14.7 Å². The first-order valence-corrected chi connectivity index (χ1v) is 5.56. The van der Waals surface area contributed by atoms with Gasteiger partial charge in [0, 0.05) is 6.42 Å². The minimum absolute atomic E-state index is 0.166. The molecule has 0 aromatic heterocycles. The highest BCUT2D eigenvalue weighted by Gasteiger charge is 2.29. The zero-order valence-corrected chi connectivity index (χ0v) is 9.88. The zero-order chi connectivity index (χ0) is 13.1. The molecule has 0 saturated heterocycles. The maximum atomic E-state index is 11.7. The van der Waals surface area contributed by atoms with Crippen molar-refractivity contribution in [3.63, 3.8) is 0 Å². The summed E-state index contributed by atoms with van der Waals surface area (Å²) in [5, 5.41) is 9.99. The van der Waals surface area contributed by atoms with Crippen molar-refractivity contribution in [1.82, 2.24) is 0 Å². The number of hydrogen-bond acceptors (Lipinski definition) is 5. The van der Waals surface area contributed by atoms with Crippen LogP contribution in [0.4, 0.5) is 5.69 Å². The lowest BCUT2D eigenvalue weighted by Crippen LogP contribution is -2.40. The minimum Gasteiger partial charge on any atom is -0.481 e. The fraction of sp³-hybridized carbons (Fsp3) is 0.333. The second-order valence-corrected chi connectivity index (χ2v) is 3.75. The van der Waals surface area contributed by atoms with Crippen LogP contribution in [0.5, 0.6) is 5.75 Å². The molecule has 0 aliphatic carbocycles. The van der Waals surface area contributed by atoms with Crippen molar-refractivity contribution in [2.24, 2.45) is 0 Å². The van der Waals surface area contributed by atoms with Crippen molar-refractivity contribution in [2.75, 3.05) is 11.7 Å². The summed E-state index contributed by atoms with van der Waals surface area (Å²) in [5.74, 6) is -0.527. The number of carbonyl (C=O) groups is 2. The van der Waals surface area contributed by atoms with Crippen molar-refractivity contribution in [1.29, 1.82) is 0 Å². The number of nitrogens with zero attached hydrogens (tertiary/aromatic N) is 1. The topological polar surface area (TPSA) is 76.1 Å². The Kier molecular flexibility index (Phi) is 3.47. The summed E-state index contributed by atoms with van der Waals surface area (Å²) in [6.45, 7) is 1.29. The molecular weight excluding hydrogens is 238 g/mol. The number of amides is 1. The highest BCUT2D eigenvalue weighted by molar-refractivity contribution is 5.97. The van der Waals surface area contributed by atoms with Crippen molar-refractivity contribution >= 4 is 17.6 Å². The molecule has 0 saturated carbocycles. The van der Waals surface area contributed by atoms with Crippen LogP contribution < -0.4 is 9.80 Å². The van der Waals surface area contributed by atoms with Crippen LogP contribution in [0.1, 0.15) is 18.9 Å². The first kappa shape index (κ1) is 12.4. The quantitative estimate of drug-likeness (QED) is 0.858. The number of ether oxygens (including phenoxy) is 1. The number of carbonyl (C=O) groups excluding carboxylic acids is 2. The van der Waals surface area contributed by atoms with Gasteiger partial charge in [0.1, 0.15) is 11.4 Å². The molecule has 0 bridgehead atoms. The lowest BCUT2D eigenvalue weighted by molar-refractivity contribution is -0.151. The maximum Gasteiger partial charge on any atom is 0.332 e. The molecule has 1 heterocycles. The fourth-order valence-corrected chi connectivity index (χ4v) is 1.54. The van der Waals surface area contributed by atoms with Gasteiger partial charge in [-0.25, -0.2) is 4.79 Å². The Morgan fingerprint density at radius 3 is 3.00 bits per heavy atom. The van der Waals surface area contributed by atoms with Gasteiger partial charge in [-0.15, -0.1) is 5.06 Å². The van der Waals surface area contributed by atoms with Gasteiger partial charge in [-0.05, 0) is 17.7 Å². The fourth-order valence-electron chi connectivity index (χ4n) is 1.54. The number of fused-ring (bicyclic) bond motifs is 1. The van der Waals surface area contributed by atoms with E-state index in [-0.39, 0.29) is 19.6 Å². The number of aliphatic hydroxyl groups is 1. The van der Waals surface area contributed by atoms with Crippen molar-refractivity contribution in [3.8, 4) is 5.75 Å². The zero-order valence-electron chi connectivity index (χ0n) is 9.88. The summed E-state index contributed by atoms with van der Waals surface area (Å²) in [6.07, 6.45) is 0.166. The van der Waals surface area contributed by atoms with E-state index in [9.17, 15) is 9.59 Å². The molecule has 1 amide bonds. The van der Waals surface area contributed by atoms with Gasteiger partial charge in [0.2, 0.25) is 0 Å². The van der Waals surface area contributed by atoms with E-state index in [2.05, 4.69) is 0 Å². The SMILES string of the molecule is CCC(=O)ON1C(=O)COc2ccc(CO)cc21. The largest absolute Gasteiger partial charge is 0.481 e. The first-order chi connectivity index (χ1) is 8.65. The summed E-state index contributed by atoms with van der Waals surface area (Å²) in [6, 6.07) is 4.85. The molecule has 1 aromatic carbocycles. The minimum atomic E-state index is -0.509. The number of anilines is 1. The molecule has 18 heavy (non-hydrogen) atoms. The van der Waals surface area contributed by atoms with Gasteiger partial charge in [0.05, 0.1) is 6.61 Å². The van der Waals surface area contributed by atoms with E-state index < -0.39 is 11.9 Å². The van der Waals surface area contributed by atoms with Crippen LogP contribution in [0.3, 0.4) is 0 Å². The van der Waals surface area contributed by atoms with Gasteiger partial charge in [-0.2, -0.15) is 0 Å². The number of aliphatic hydroxyl groups excluding tert-OH is 1. The van der Waals surface area contributed by atoms with Gasteiger partial charge in [-0.3, -0.25) is 4.79 Å². The van der Waals surface area contributed by atoms with Crippen molar-refractivity contribution < 1.29 is 24.3 Å². The van der Waals surface area contributed by atoms with E-state index >= 15 is 0 Å². The predicted octanol–water partition coefficient (Wildman–Crippen LogP) is 0.772. The average molecular weight is 251 g/mol. The Morgan fingerprint density at radius 1 is 1.56 bits per heavy atom. The Bertz CT molecular complexity index is 485. The van der Waals surface area contributed by atoms with E-state index in [0.717, 1.165) is 5.06 Å². The van der Waals surface area contributed by atoms with Crippen LogP contribution in [-0.4, -0.2) is 23.6 Å². The van der Waals surface area contributed by atoms with Crippen LogP contribution in [0.25, 0.3) is 0 Å². The second-order valence-electron chi connectivity index (χ2n) is 3.75. The Labute approximate surface area is 104 Å². The summed E-state index contributed by atoms with van der Waals surface area (Å²) >= 11 is 0. The third kappa shape index (κ3) is 2.28. The van der Waals surface area contributed by atoms with Gasteiger partial charge in [0.15, 0.2) is 6.61 Å². The molecule has 0 atom stereocenters. The monoisotopic (exact) mass is 251 g/mol. The maximum absolute atomic E-state index is 11.7. The lowest BCUT2D eigenvalue weighted by atomic mass is 10.2. The Balaban J connectivity index is 2.35. The molecule has 6 nitrogen and oxygen atoms in total. The number of benzene rings is 1. The molecule has 1 aliphatic heterocycles. The summed E-state index contributed by atoms with van der Waals surface area (Å²) in [4.78, 5) is 27.9. The molecular formula is C12H13NO5. The van der Waals surface area contributed by atoms with E-state index in [1.54, 1.807) is 25.1 Å². The standard InChI is InChI=1S/C12H13NO5/c1-2-12(16)18-13-9-5-8(6-14)3-4-10(9)17-7-11(13)15/h3-5,14H,2,6-7H2,1H3. The van der Waals surface area contributed by atoms with Crippen LogP contribution >= 0.6 is 0 Å². The molecule has 1 aromatic rings. The smallest absolute Gasteiger partial charge is 0.332 e. The third-order valence-corrected chi connectivity index (χ3v) is 2.48. The number of rotatable bonds is 3. The van der Waals surface area contributed by atoms with Crippen molar-refractivity contribution in [2.45, 2.75) is 20.0 Å². The Morgan fingerprint density at radius 2 is 2.33 bits per heavy atom. The van der Waals surface area contributed by atoms with Gasteiger partial charge in [0.25, 0.3) is 5.91 Å². The van der Waals surface area contributed by atoms with E-state index in [1.165, 1.54) is 0 Å². The summed E-state index contributed by atoms with van der Waals surface area (Å²) < 4.78 is 5.22. The number of hydrogen-bond donors (Lipinski definition) is 1. The third-order valence-electron chi connectivity index (χ3n) is 2.48. The van der Waals surface area contributed by atoms with Gasteiger partial charge < -0.3 is 14.7 Å². The molecule has 1 aliphatic rings. The van der Waals surface area contributed by atoms with Crippen LogP contribution in [-0.2, 0) is 21.0 Å². The van der Waals surface area contributed by atoms with Crippen LogP contribution in [0.2, 0.25) is 0 Å². The van der Waals surface area contributed by atoms with E-state index in [0.29, 0.717) is 17.0 Å². The second kappa shape index (κ2) is 5.05. The first-order valence-electron chi connectivity index (χ1n) is 5.56. The Hall–Kier alpha value is -2.08. The number of hydroxylamine groups is 1. The summed E-state index contributed by atoms with van der Waals surface area (Å²) in [7, 11) is 0. The van der Waals surface area contributed by atoms with Crippen molar-refractivity contribution in [3.05, 3.63) is 23.8 Å². The highest BCUT2D eigenvalue weighted by atomic mass is 16.7. The van der Waals surface area contributed by atoms with Gasteiger partial charge >= 0.3 is 5.97 Å². The molecule has 0 spiro atoms. The molecule has 0 fully saturated rings. The summed E-state index contributed by atoms with van der Waals surface area (Å²) in [5.41, 5.74) is 0.934. The highest BCUT2D eigenvalue weighted by Crippen LogP contribution is 2.33. The lowest BCUT2D eigenvalue weighted by Gasteiger charge is -2.27. The molecule has 6 heteroatoms. The molecule has 2 rings (SSSR count). The van der Waals surface area contributed by atoms with Crippen LogP contribution in [0.15, 0.2) is 18.2 Å². The average Bonchev–Trinajstić information content (AvgIpc) is 2.41. The van der Waals surface area contributed by atoms with Crippen LogP contribution in [0, 0.1) is 0 Å². The van der Waals surface area contributed by atoms with Gasteiger partial charge in [-0.1, -0.05) is 13.0 Å².